The summed E-state index contributed by atoms with van der Waals surface area (Å²) in [4.78, 5) is 37.0. The van der Waals surface area contributed by atoms with Crippen molar-refractivity contribution >= 4 is 28.6 Å². The molecule has 2 aromatic rings. The molecule has 2 aliphatic rings. The zero-order valence-corrected chi connectivity index (χ0v) is 14.8. The van der Waals surface area contributed by atoms with E-state index >= 15 is 0 Å². The summed E-state index contributed by atoms with van der Waals surface area (Å²) < 4.78 is 36.8. The molecule has 1 saturated heterocycles. The number of para-hydroxylation sites is 1. The Hall–Kier alpha value is -3.51. The number of carboxylic acids is 1. The molecule has 3 atom stereocenters. The molecule has 4 N–H and O–H groups in total. The standard InChI is InChI=1S/C16H12N2O5.C2HF3O2/c19-10-5-7-3-1-2-4-8(7)17-12(10)16(22)18-9-6-11(20)14-15(23-14)13(9)21;3-2(4,5)1(6)7/h1-6,13-15,19,21H,(H,18,22);(H,6,7). The van der Waals surface area contributed by atoms with Crippen molar-refractivity contribution in [3.05, 3.63) is 47.8 Å². The Balaban J connectivity index is 0.000000318. The van der Waals surface area contributed by atoms with Crippen LogP contribution in [0.1, 0.15) is 10.5 Å². The number of aliphatic carboxylic acids is 1. The Morgan fingerprint density at radius 2 is 1.83 bits per heavy atom. The van der Waals surface area contributed by atoms with Crippen molar-refractivity contribution in [1.29, 1.82) is 0 Å². The van der Waals surface area contributed by atoms with Crippen LogP contribution in [0.5, 0.6) is 5.75 Å². The number of halogens is 3. The second-order valence-electron chi connectivity index (χ2n) is 6.27. The maximum atomic E-state index is 12.3. The van der Waals surface area contributed by atoms with Gasteiger partial charge in [0.25, 0.3) is 5.91 Å². The summed E-state index contributed by atoms with van der Waals surface area (Å²) in [6, 6.07) is 8.48. The Bertz CT molecular complexity index is 1070. The van der Waals surface area contributed by atoms with Crippen molar-refractivity contribution in [1.82, 2.24) is 10.3 Å². The van der Waals surface area contributed by atoms with Crippen molar-refractivity contribution in [2.24, 2.45) is 0 Å². The lowest BCUT2D eigenvalue weighted by Gasteiger charge is -2.17. The molecular formula is C18H13F3N2O7. The Morgan fingerprint density at radius 3 is 2.47 bits per heavy atom. The highest BCUT2D eigenvalue weighted by Gasteiger charge is 2.53. The van der Waals surface area contributed by atoms with Gasteiger partial charge in [-0.05, 0) is 12.1 Å². The van der Waals surface area contributed by atoms with Gasteiger partial charge in [0.2, 0.25) is 0 Å². The SMILES string of the molecule is O=C(NC1=CC(=O)C2OC2C1O)c1nc2ccccc2cc1O.O=C(O)C(F)(F)F. The number of aromatic hydroxyl groups is 1. The maximum Gasteiger partial charge on any atom is 0.490 e. The number of amides is 1. The minimum absolute atomic E-state index is 0.0492. The summed E-state index contributed by atoms with van der Waals surface area (Å²) >= 11 is 0. The van der Waals surface area contributed by atoms with Crippen molar-refractivity contribution in [2.45, 2.75) is 24.5 Å². The van der Waals surface area contributed by atoms with E-state index in [2.05, 4.69) is 10.3 Å². The highest BCUT2D eigenvalue weighted by Crippen LogP contribution is 2.33. The molecule has 1 aliphatic heterocycles. The molecule has 2 heterocycles. The van der Waals surface area contributed by atoms with Gasteiger partial charge in [-0.2, -0.15) is 13.2 Å². The predicted octanol–water partition coefficient (Wildman–Crippen LogP) is 0.898. The number of nitrogens with zero attached hydrogens (tertiary/aromatic N) is 1. The maximum absolute atomic E-state index is 12.3. The zero-order valence-electron chi connectivity index (χ0n) is 14.8. The van der Waals surface area contributed by atoms with Crippen molar-refractivity contribution in [3.8, 4) is 5.75 Å². The lowest BCUT2D eigenvalue weighted by molar-refractivity contribution is -0.192. The molecule has 158 valence electrons. The highest BCUT2D eigenvalue weighted by molar-refractivity contribution is 6.02. The molecule has 9 nitrogen and oxygen atoms in total. The Morgan fingerprint density at radius 1 is 1.20 bits per heavy atom. The Labute approximate surface area is 165 Å². The van der Waals surface area contributed by atoms with Gasteiger partial charge in [0.05, 0.1) is 11.2 Å². The third kappa shape index (κ3) is 4.39. The van der Waals surface area contributed by atoms with Crippen LogP contribution in [0.15, 0.2) is 42.1 Å². The third-order valence-corrected chi connectivity index (χ3v) is 4.15. The topological polar surface area (TPSA) is 149 Å². The number of epoxide rings is 1. The quantitative estimate of drug-likeness (QED) is 0.518. The van der Waals surface area contributed by atoms with Crippen molar-refractivity contribution in [2.75, 3.05) is 0 Å². The highest BCUT2D eigenvalue weighted by atomic mass is 19.4. The second kappa shape index (κ2) is 7.72. The van der Waals surface area contributed by atoms with E-state index in [1.165, 1.54) is 6.07 Å². The number of ketones is 1. The largest absolute Gasteiger partial charge is 0.505 e. The summed E-state index contributed by atoms with van der Waals surface area (Å²) in [5, 5.41) is 30.2. The molecule has 3 unspecified atom stereocenters. The number of carboxylic acid groups (broad SMARTS) is 1. The summed E-state index contributed by atoms with van der Waals surface area (Å²) in [7, 11) is 0. The molecular weight excluding hydrogens is 413 g/mol. The number of alkyl halides is 3. The van der Waals surface area contributed by atoms with Gasteiger partial charge < -0.3 is 25.4 Å². The molecule has 1 fully saturated rings. The smallest absolute Gasteiger partial charge is 0.490 e. The first kappa shape index (κ1) is 21.2. The number of carbonyl (C=O) groups is 3. The fraction of sp³-hybridized carbons (Fsp3) is 0.222. The van der Waals surface area contributed by atoms with E-state index in [1.54, 1.807) is 24.3 Å². The van der Waals surface area contributed by atoms with Gasteiger partial charge in [-0.1, -0.05) is 18.2 Å². The molecule has 0 radical (unpaired) electrons. The van der Waals surface area contributed by atoms with Gasteiger partial charge in [-0.25, -0.2) is 9.78 Å². The zero-order chi connectivity index (χ0) is 22.2. The van der Waals surface area contributed by atoms with Gasteiger partial charge in [-0.15, -0.1) is 0 Å². The van der Waals surface area contributed by atoms with Gasteiger partial charge in [0, 0.05) is 11.5 Å². The van der Waals surface area contributed by atoms with Crippen LogP contribution < -0.4 is 5.32 Å². The minimum Gasteiger partial charge on any atom is -0.505 e. The predicted molar refractivity (Wildman–Crippen MR) is 92.3 cm³/mol. The first-order valence-electron chi connectivity index (χ1n) is 8.28. The van der Waals surface area contributed by atoms with Crippen LogP contribution in [0, 0.1) is 0 Å². The molecule has 4 rings (SSSR count). The fourth-order valence-electron chi connectivity index (χ4n) is 2.66. The number of fused-ring (bicyclic) bond motifs is 2. The number of hydrogen-bond donors (Lipinski definition) is 4. The summed E-state index contributed by atoms with van der Waals surface area (Å²) in [6.45, 7) is 0. The first-order chi connectivity index (χ1) is 14.0. The van der Waals surface area contributed by atoms with E-state index in [9.17, 15) is 33.0 Å². The molecule has 1 aliphatic carbocycles. The number of aliphatic hydroxyl groups excluding tert-OH is 1. The van der Waals surface area contributed by atoms with Crippen molar-refractivity contribution < 1.29 is 47.6 Å². The molecule has 1 amide bonds. The number of hydrogen-bond acceptors (Lipinski definition) is 7. The van der Waals surface area contributed by atoms with Crippen LogP contribution in [0.25, 0.3) is 10.9 Å². The number of aromatic nitrogens is 1. The molecule has 0 saturated carbocycles. The monoisotopic (exact) mass is 426 g/mol. The second-order valence-corrected chi connectivity index (χ2v) is 6.27. The number of nitrogens with one attached hydrogen (secondary N) is 1. The number of carbonyl (C=O) groups excluding carboxylic acids is 2. The summed E-state index contributed by atoms with van der Waals surface area (Å²) in [6.07, 6.45) is -6.24. The number of aliphatic hydroxyl groups is 1. The van der Waals surface area contributed by atoms with Gasteiger partial charge in [0.1, 0.15) is 24.1 Å². The van der Waals surface area contributed by atoms with Gasteiger partial charge >= 0.3 is 12.1 Å². The number of benzene rings is 1. The first-order valence-corrected chi connectivity index (χ1v) is 8.28. The molecule has 1 aromatic heterocycles. The van der Waals surface area contributed by atoms with E-state index in [4.69, 9.17) is 14.6 Å². The number of ether oxygens (including phenoxy) is 1. The minimum atomic E-state index is -5.08. The molecule has 12 heteroatoms. The van der Waals surface area contributed by atoms with Crippen LogP contribution in [0.3, 0.4) is 0 Å². The average Bonchev–Trinajstić information content (AvgIpc) is 3.46. The average molecular weight is 426 g/mol. The van der Waals surface area contributed by atoms with Crippen LogP contribution in [0.2, 0.25) is 0 Å². The molecule has 0 bridgehead atoms. The van der Waals surface area contributed by atoms with Crippen LogP contribution in [0.4, 0.5) is 13.2 Å². The summed E-state index contributed by atoms with van der Waals surface area (Å²) in [5.41, 5.74) is 0.423. The number of rotatable bonds is 2. The molecule has 30 heavy (non-hydrogen) atoms. The van der Waals surface area contributed by atoms with E-state index in [1.807, 2.05) is 0 Å². The molecule has 1 aromatic carbocycles. The van der Waals surface area contributed by atoms with Crippen LogP contribution >= 0.6 is 0 Å². The normalized spacial score (nSPS) is 22.3. The van der Waals surface area contributed by atoms with Gasteiger partial charge in [-0.3, -0.25) is 9.59 Å². The molecule has 0 spiro atoms. The van der Waals surface area contributed by atoms with E-state index in [0.717, 1.165) is 6.08 Å². The third-order valence-electron chi connectivity index (χ3n) is 4.15. The van der Waals surface area contributed by atoms with Crippen LogP contribution in [-0.2, 0) is 14.3 Å². The van der Waals surface area contributed by atoms with E-state index in [0.29, 0.717) is 10.9 Å². The summed E-state index contributed by atoms with van der Waals surface area (Å²) in [5.74, 6) is -4.04. The van der Waals surface area contributed by atoms with Crippen molar-refractivity contribution in [3.63, 3.8) is 0 Å². The fourth-order valence-corrected chi connectivity index (χ4v) is 2.66. The van der Waals surface area contributed by atoms with E-state index in [-0.39, 0.29) is 22.9 Å². The Kier molecular flexibility index (Phi) is 5.46. The van der Waals surface area contributed by atoms with E-state index < -0.39 is 36.4 Å². The lowest BCUT2D eigenvalue weighted by atomic mass is 10.0. The number of pyridine rings is 1. The lowest BCUT2D eigenvalue weighted by Crippen LogP contribution is -2.37. The van der Waals surface area contributed by atoms with Gasteiger partial charge in [0.15, 0.2) is 11.5 Å². The van der Waals surface area contributed by atoms with Crippen LogP contribution in [-0.4, -0.2) is 62.5 Å².